The van der Waals surface area contributed by atoms with E-state index < -0.39 is 6.09 Å². The van der Waals surface area contributed by atoms with E-state index in [4.69, 9.17) is 27.9 Å². The number of carbonyl (C=O) groups is 1. The first-order chi connectivity index (χ1) is 8.49. The van der Waals surface area contributed by atoms with E-state index in [1.807, 2.05) is 0 Å². The van der Waals surface area contributed by atoms with Crippen LogP contribution in [-0.2, 0) is 16.1 Å². The van der Waals surface area contributed by atoms with Crippen molar-refractivity contribution in [2.45, 2.75) is 20.0 Å². The lowest BCUT2D eigenvalue weighted by Crippen LogP contribution is -2.18. The number of hydrogen-bond donors (Lipinski definition) is 1. The van der Waals surface area contributed by atoms with E-state index >= 15 is 0 Å². The van der Waals surface area contributed by atoms with Gasteiger partial charge in [0.25, 0.3) is 0 Å². The van der Waals surface area contributed by atoms with Crippen molar-refractivity contribution in [2.75, 3.05) is 5.32 Å². The molecule has 1 aromatic carbocycles. The lowest BCUT2D eigenvalue weighted by molar-refractivity contribution is 0.130. The van der Waals surface area contributed by atoms with E-state index in [2.05, 4.69) is 14.0 Å². The molecule has 8 heteroatoms. The highest BCUT2D eigenvalue weighted by Crippen LogP contribution is 2.47. The molecule has 0 unspecified atom stereocenters. The average molecular weight is 306 g/mol. The van der Waals surface area contributed by atoms with Gasteiger partial charge in [-0.3, -0.25) is 5.32 Å². The Bertz CT molecular complexity index is 583. The first kappa shape index (κ1) is 13.3. The molecule has 0 spiro atoms. The number of nitrogens with one attached hydrogen (secondary N) is 1. The summed E-state index contributed by atoms with van der Waals surface area (Å²) in [5.74, 6) is 0. The predicted molar refractivity (Wildman–Crippen MR) is 73.2 cm³/mol. The molecular weight excluding hydrogens is 297 g/mol. The fraction of sp³-hybridized carbons (Fsp3) is 0.300. The van der Waals surface area contributed by atoms with E-state index in [-0.39, 0.29) is 6.10 Å². The topological polar surface area (TPSA) is 63.0 Å². The molecule has 1 N–H and O–H groups in total. The lowest BCUT2D eigenvalue weighted by atomic mass is 10.2. The maximum absolute atomic E-state index is 11.6. The summed E-state index contributed by atoms with van der Waals surface area (Å²) in [6.07, 6.45) is -0.816. The van der Waals surface area contributed by atoms with Crippen molar-refractivity contribution in [2.24, 2.45) is 8.73 Å². The molecule has 0 saturated heterocycles. The Morgan fingerprint density at radius 2 is 2.00 bits per heavy atom. The summed E-state index contributed by atoms with van der Waals surface area (Å²) in [6, 6.07) is 1.51. The first-order valence-electron chi connectivity index (χ1n) is 5.07. The molecule has 0 radical (unpaired) electrons. The molecule has 1 amide bonds. The van der Waals surface area contributed by atoms with E-state index in [1.165, 1.54) is 6.07 Å². The Labute approximate surface area is 117 Å². The van der Waals surface area contributed by atoms with Crippen LogP contribution in [0.25, 0.3) is 0 Å². The van der Waals surface area contributed by atoms with Gasteiger partial charge in [-0.05, 0) is 19.9 Å². The summed E-state index contributed by atoms with van der Waals surface area (Å²) in [5, 5.41) is 3.24. The number of carbonyl (C=O) groups excluding carboxylic acids is 1. The molecule has 0 fully saturated rings. The molecule has 1 aromatic rings. The zero-order valence-electron chi connectivity index (χ0n) is 9.53. The van der Waals surface area contributed by atoms with E-state index in [0.29, 0.717) is 27.1 Å². The molecule has 96 valence electrons. The number of ether oxygens (including phenoxy) is 1. The summed E-state index contributed by atoms with van der Waals surface area (Å²) in [5.41, 5.74) is 1.32. The Balaban J connectivity index is 2.32. The van der Waals surface area contributed by atoms with E-state index in [0.717, 1.165) is 11.4 Å². The number of hydrogen-bond acceptors (Lipinski definition) is 4. The summed E-state index contributed by atoms with van der Waals surface area (Å²) < 4.78 is 13.1. The van der Waals surface area contributed by atoms with Crippen molar-refractivity contribution < 1.29 is 9.53 Å². The number of nitrogens with zero attached hydrogens (tertiary/aromatic N) is 2. The molecule has 1 heterocycles. The first-order valence-corrected chi connectivity index (χ1v) is 6.55. The summed E-state index contributed by atoms with van der Waals surface area (Å²) in [6.45, 7) is 3.51. The second-order valence-electron chi connectivity index (χ2n) is 3.76. The van der Waals surface area contributed by atoms with Crippen LogP contribution in [-0.4, -0.2) is 12.2 Å². The van der Waals surface area contributed by atoms with Crippen molar-refractivity contribution in [1.82, 2.24) is 0 Å². The maximum Gasteiger partial charge on any atom is 0.411 e. The largest absolute Gasteiger partial charge is 0.447 e. The second-order valence-corrected chi connectivity index (χ2v) is 5.10. The highest BCUT2D eigenvalue weighted by Gasteiger charge is 2.20. The Kier molecular flexibility index (Phi) is 3.89. The molecule has 0 aromatic heterocycles. The van der Waals surface area contributed by atoms with Crippen molar-refractivity contribution in [3.63, 3.8) is 0 Å². The van der Waals surface area contributed by atoms with Gasteiger partial charge in [0, 0.05) is 0 Å². The van der Waals surface area contributed by atoms with Gasteiger partial charge in [-0.15, -0.1) is 0 Å². The van der Waals surface area contributed by atoms with Crippen LogP contribution >= 0.6 is 23.2 Å². The third-order valence-corrected chi connectivity index (χ3v) is 3.13. The summed E-state index contributed by atoms with van der Waals surface area (Å²) >= 11 is 13.0. The van der Waals surface area contributed by atoms with Crippen LogP contribution < -0.4 is 5.32 Å². The van der Waals surface area contributed by atoms with Gasteiger partial charge in [0.1, 0.15) is 11.4 Å². The van der Waals surface area contributed by atoms with Gasteiger partial charge in [-0.25, -0.2) is 4.79 Å². The van der Waals surface area contributed by atoms with Gasteiger partial charge in [0.15, 0.2) is 0 Å². The van der Waals surface area contributed by atoms with Gasteiger partial charge in [0.05, 0.1) is 33.2 Å². The SMILES string of the molecule is CC(C)OC(=O)Nc1c(Cl)cc(Cl)c2c1N=S=N2. The maximum atomic E-state index is 11.6. The zero-order valence-corrected chi connectivity index (χ0v) is 11.9. The van der Waals surface area contributed by atoms with Crippen LogP contribution in [0, 0.1) is 0 Å². The standard InChI is InChI=1S/C10H9Cl2N3O2S/c1-4(2)17-10(16)13-7-5(11)3-6(12)8-9(7)15-18-14-8/h3-4H,1-2H3,(H,13,16). The van der Waals surface area contributed by atoms with Gasteiger partial charge < -0.3 is 4.74 Å². The molecule has 5 nitrogen and oxygen atoms in total. The molecule has 0 aliphatic carbocycles. The van der Waals surface area contributed by atoms with Crippen LogP contribution in [0.3, 0.4) is 0 Å². The molecule has 0 bridgehead atoms. The predicted octanol–water partition coefficient (Wildman–Crippen LogP) is 4.68. The number of fused-ring (bicyclic) bond motifs is 1. The van der Waals surface area contributed by atoms with Crippen LogP contribution in [0.2, 0.25) is 10.0 Å². The zero-order chi connectivity index (χ0) is 13.3. The highest BCUT2D eigenvalue weighted by molar-refractivity contribution is 7.58. The third kappa shape index (κ3) is 2.66. The number of anilines is 1. The third-order valence-electron chi connectivity index (χ3n) is 2.01. The van der Waals surface area contributed by atoms with Crippen LogP contribution in [0.15, 0.2) is 14.8 Å². The average Bonchev–Trinajstić information content (AvgIpc) is 2.72. The minimum absolute atomic E-state index is 0.222. The minimum Gasteiger partial charge on any atom is -0.447 e. The molecule has 0 atom stereocenters. The van der Waals surface area contributed by atoms with Gasteiger partial charge >= 0.3 is 6.09 Å². The molecule has 18 heavy (non-hydrogen) atoms. The highest BCUT2D eigenvalue weighted by atomic mass is 35.5. The van der Waals surface area contributed by atoms with Crippen molar-refractivity contribution in [1.29, 1.82) is 0 Å². The van der Waals surface area contributed by atoms with Crippen molar-refractivity contribution in [3.8, 4) is 0 Å². The van der Waals surface area contributed by atoms with E-state index in [1.54, 1.807) is 13.8 Å². The molecule has 2 rings (SSSR count). The number of halogens is 2. The Morgan fingerprint density at radius 1 is 1.33 bits per heavy atom. The second kappa shape index (κ2) is 5.26. The van der Waals surface area contributed by atoms with E-state index in [9.17, 15) is 4.79 Å². The fourth-order valence-electron chi connectivity index (χ4n) is 1.34. The molecular formula is C10H9Cl2N3O2S. The summed E-state index contributed by atoms with van der Waals surface area (Å²) in [7, 11) is 0. The van der Waals surface area contributed by atoms with Crippen molar-refractivity contribution >= 4 is 57.7 Å². The summed E-state index contributed by atoms with van der Waals surface area (Å²) in [4.78, 5) is 11.6. The fourth-order valence-corrected chi connectivity index (χ4v) is 2.50. The van der Waals surface area contributed by atoms with Gasteiger partial charge in [0.2, 0.25) is 0 Å². The number of rotatable bonds is 2. The molecule has 1 aliphatic heterocycles. The number of benzene rings is 1. The lowest BCUT2D eigenvalue weighted by Gasteiger charge is -2.12. The van der Waals surface area contributed by atoms with Crippen molar-refractivity contribution in [3.05, 3.63) is 16.1 Å². The Hall–Kier alpha value is -1.11. The molecule has 0 saturated carbocycles. The number of amides is 1. The quantitative estimate of drug-likeness (QED) is 0.875. The smallest absolute Gasteiger partial charge is 0.411 e. The van der Waals surface area contributed by atoms with Crippen LogP contribution in [0.5, 0.6) is 0 Å². The van der Waals surface area contributed by atoms with Gasteiger partial charge in [-0.1, -0.05) is 23.2 Å². The monoisotopic (exact) mass is 305 g/mol. The van der Waals surface area contributed by atoms with Gasteiger partial charge in [-0.2, -0.15) is 8.73 Å². The normalized spacial score (nSPS) is 12.3. The minimum atomic E-state index is -0.594. The van der Waals surface area contributed by atoms with Crippen LogP contribution in [0.4, 0.5) is 21.9 Å². The van der Waals surface area contributed by atoms with Crippen LogP contribution in [0.1, 0.15) is 13.8 Å². The Morgan fingerprint density at radius 3 is 2.67 bits per heavy atom. The molecule has 1 aliphatic rings.